The molecule has 0 bridgehead atoms. The van der Waals surface area contributed by atoms with Crippen molar-refractivity contribution in [1.29, 1.82) is 0 Å². The zero-order chi connectivity index (χ0) is 32.7. The van der Waals surface area contributed by atoms with Gasteiger partial charge in [-0.1, -0.05) is 13.8 Å². The summed E-state index contributed by atoms with van der Waals surface area (Å²) < 4.78 is 6.05. The lowest BCUT2D eigenvalue weighted by molar-refractivity contribution is -0.135. The molecule has 10 heteroatoms. The topological polar surface area (TPSA) is 125 Å². The molecular weight excluding hydrogens is 594 g/mol. The number of rotatable bonds is 10. The van der Waals surface area contributed by atoms with Crippen LogP contribution in [0.25, 0.3) is 22.8 Å². The van der Waals surface area contributed by atoms with Crippen LogP contribution in [0.15, 0.2) is 59.1 Å². The molecule has 0 radical (unpaired) electrons. The van der Waals surface area contributed by atoms with E-state index in [2.05, 4.69) is 29.5 Å². The molecule has 2 saturated heterocycles. The van der Waals surface area contributed by atoms with Crippen LogP contribution in [0.5, 0.6) is 0 Å². The predicted octanol–water partition coefficient (Wildman–Crippen LogP) is 5.96. The van der Waals surface area contributed by atoms with Gasteiger partial charge in [0.25, 0.3) is 0 Å². The van der Waals surface area contributed by atoms with Crippen molar-refractivity contribution in [2.75, 3.05) is 23.7 Å². The van der Waals surface area contributed by atoms with Crippen LogP contribution >= 0.6 is 0 Å². The maximum absolute atomic E-state index is 12.8. The largest absolute Gasteiger partial charge is 0.436 e. The number of hydrogen-bond donors (Lipinski definition) is 2. The number of hydrogen-bond acceptors (Lipinski definition) is 6. The first kappa shape index (κ1) is 31.1. The number of likely N-dealkylation sites (tertiary alicyclic amines) is 2. The number of nitrogens with one attached hydrogen (secondary N) is 2. The maximum atomic E-state index is 12.8. The van der Waals surface area contributed by atoms with Crippen molar-refractivity contribution in [3.63, 3.8) is 0 Å². The molecule has 246 valence electrons. The Bertz CT molecular complexity index is 1530. The van der Waals surface area contributed by atoms with Crippen molar-refractivity contribution in [2.24, 2.45) is 23.7 Å². The number of nitrogens with zero attached hydrogens (tertiary/aromatic N) is 3. The lowest BCUT2D eigenvalue weighted by Gasteiger charge is -2.24. The lowest BCUT2D eigenvalue weighted by atomic mass is 10.1. The van der Waals surface area contributed by atoms with Crippen molar-refractivity contribution < 1.29 is 23.6 Å². The number of anilines is 2. The standard InChI is InChI=1S/C37H43N5O5/c1-22-17-30(22)36(45)41-15-3-5-28(41)19-33(43)39-26-11-7-24(8-12-26)32-21-38-35(47-32)25-9-13-27(14-10-25)40-34(44)20-29-6-4-16-42(29)37(46)31-18-23(31)2/h7-14,21-23,28-31H,3-6,15-20H2,1-2H3,(H,39,43)(H,40,44)/t22?,23?,28-,29-,30?,31?/m0/s1. The summed E-state index contributed by atoms with van der Waals surface area (Å²) in [6, 6.07) is 14.7. The van der Waals surface area contributed by atoms with E-state index in [-0.39, 0.29) is 47.5 Å². The van der Waals surface area contributed by atoms with Crippen LogP contribution in [0.1, 0.15) is 65.2 Å². The Hall–Kier alpha value is -4.47. The highest BCUT2D eigenvalue weighted by Gasteiger charge is 2.45. The summed E-state index contributed by atoms with van der Waals surface area (Å²) in [5.41, 5.74) is 2.97. The van der Waals surface area contributed by atoms with E-state index in [1.165, 1.54) is 0 Å². The van der Waals surface area contributed by atoms with Crippen LogP contribution in [0.3, 0.4) is 0 Å². The Labute approximate surface area is 275 Å². The second kappa shape index (κ2) is 13.0. The SMILES string of the molecule is CC1CC1C(=O)N1CCC[C@H]1CC(=O)Nc1ccc(-c2cnc(-c3ccc(NC(=O)C[C@@H]4CCCN4C(=O)C4CC4C)cc3)o2)cc1. The monoisotopic (exact) mass is 637 g/mol. The highest BCUT2D eigenvalue weighted by Crippen LogP contribution is 2.42. The van der Waals surface area contributed by atoms with Crippen molar-refractivity contribution in [2.45, 2.75) is 77.3 Å². The minimum Gasteiger partial charge on any atom is -0.436 e. The van der Waals surface area contributed by atoms with Crippen LogP contribution in [0, 0.1) is 23.7 Å². The van der Waals surface area contributed by atoms with Crippen LogP contribution in [0.4, 0.5) is 11.4 Å². The number of oxazole rings is 1. The third-order valence-corrected chi connectivity index (χ3v) is 10.4. The van der Waals surface area contributed by atoms with Crippen molar-refractivity contribution >= 4 is 35.0 Å². The zero-order valence-corrected chi connectivity index (χ0v) is 27.1. The summed E-state index contributed by atoms with van der Waals surface area (Å²) >= 11 is 0. The molecule has 47 heavy (non-hydrogen) atoms. The summed E-state index contributed by atoms with van der Waals surface area (Å²) in [5, 5.41) is 5.95. The van der Waals surface area contributed by atoms with E-state index < -0.39 is 0 Å². The fraction of sp³-hybridized carbons (Fsp3) is 0.486. The summed E-state index contributed by atoms with van der Waals surface area (Å²) in [6.07, 6.45) is 7.83. The van der Waals surface area contributed by atoms with Gasteiger partial charge in [0.15, 0.2) is 5.76 Å². The van der Waals surface area contributed by atoms with Gasteiger partial charge in [0, 0.05) is 72.4 Å². The average Bonchev–Trinajstić information content (AvgIpc) is 3.67. The minimum absolute atomic E-state index is 0.0250. The van der Waals surface area contributed by atoms with Crippen LogP contribution in [-0.4, -0.2) is 63.6 Å². The molecule has 2 saturated carbocycles. The molecule has 2 N–H and O–H groups in total. The van der Waals surface area contributed by atoms with Gasteiger partial charge in [-0.25, -0.2) is 4.98 Å². The molecule has 3 aromatic rings. The third kappa shape index (κ3) is 6.96. The Morgan fingerprint density at radius 2 is 1.17 bits per heavy atom. The fourth-order valence-electron chi connectivity index (χ4n) is 7.24. The minimum atomic E-state index is -0.0943. The van der Waals surface area contributed by atoms with Crippen molar-refractivity contribution in [3.8, 4) is 22.8 Å². The Morgan fingerprint density at radius 3 is 1.62 bits per heavy atom. The van der Waals surface area contributed by atoms with E-state index >= 15 is 0 Å². The highest BCUT2D eigenvalue weighted by atomic mass is 16.4. The molecule has 7 rings (SSSR count). The fourth-order valence-corrected chi connectivity index (χ4v) is 7.24. The number of carbonyl (C=O) groups excluding carboxylic acids is 4. The summed E-state index contributed by atoms with van der Waals surface area (Å²) in [4.78, 5) is 59.4. The van der Waals surface area contributed by atoms with Gasteiger partial charge in [0.2, 0.25) is 29.5 Å². The predicted molar refractivity (Wildman–Crippen MR) is 178 cm³/mol. The lowest BCUT2D eigenvalue weighted by Crippen LogP contribution is -2.38. The molecule has 1 aromatic heterocycles. The highest BCUT2D eigenvalue weighted by molar-refractivity contribution is 5.93. The Morgan fingerprint density at radius 1 is 0.723 bits per heavy atom. The van der Waals surface area contributed by atoms with E-state index in [1.807, 2.05) is 58.3 Å². The number of aromatic nitrogens is 1. The van der Waals surface area contributed by atoms with Gasteiger partial charge in [-0.05, 0) is 98.9 Å². The van der Waals surface area contributed by atoms with Gasteiger partial charge in [0.1, 0.15) is 0 Å². The first-order valence-electron chi connectivity index (χ1n) is 17.1. The normalized spacial score (nSPS) is 26.3. The Balaban J connectivity index is 0.900. The molecule has 4 amide bonds. The third-order valence-electron chi connectivity index (χ3n) is 10.4. The number of benzene rings is 2. The van der Waals surface area contributed by atoms with Crippen LogP contribution in [-0.2, 0) is 19.2 Å². The van der Waals surface area contributed by atoms with Crippen molar-refractivity contribution in [3.05, 3.63) is 54.7 Å². The summed E-state index contributed by atoms with van der Waals surface area (Å²) in [5.74, 6) is 2.51. The maximum Gasteiger partial charge on any atom is 0.226 e. The molecule has 2 aromatic carbocycles. The second-order valence-electron chi connectivity index (χ2n) is 14.0. The first-order chi connectivity index (χ1) is 22.7. The molecule has 2 aliphatic heterocycles. The van der Waals surface area contributed by atoms with E-state index in [0.717, 1.165) is 62.7 Å². The van der Waals surface area contributed by atoms with E-state index in [0.29, 0.717) is 47.7 Å². The molecule has 4 fully saturated rings. The van der Waals surface area contributed by atoms with Gasteiger partial charge in [-0.3, -0.25) is 19.2 Å². The smallest absolute Gasteiger partial charge is 0.226 e. The second-order valence-corrected chi connectivity index (χ2v) is 14.0. The Kier molecular flexibility index (Phi) is 8.59. The van der Waals surface area contributed by atoms with Crippen LogP contribution < -0.4 is 10.6 Å². The zero-order valence-electron chi connectivity index (χ0n) is 27.1. The average molecular weight is 638 g/mol. The van der Waals surface area contributed by atoms with Gasteiger partial charge in [0.05, 0.1) is 6.20 Å². The molecule has 3 heterocycles. The quantitative estimate of drug-likeness (QED) is 0.283. The van der Waals surface area contributed by atoms with E-state index in [9.17, 15) is 19.2 Å². The summed E-state index contributed by atoms with van der Waals surface area (Å²) in [7, 11) is 0. The first-order valence-corrected chi connectivity index (χ1v) is 17.1. The molecule has 2 aliphatic carbocycles. The molecule has 6 atom stereocenters. The van der Waals surface area contributed by atoms with Gasteiger partial charge in [-0.2, -0.15) is 0 Å². The van der Waals surface area contributed by atoms with Gasteiger partial charge < -0.3 is 24.9 Å². The molecule has 4 aliphatic rings. The number of amides is 4. The van der Waals surface area contributed by atoms with Gasteiger partial charge in [-0.15, -0.1) is 0 Å². The van der Waals surface area contributed by atoms with Gasteiger partial charge >= 0.3 is 0 Å². The van der Waals surface area contributed by atoms with E-state index in [4.69, 9.17) is 4.42 Å². The summed E-state index contributed by atoms with van der Waals surface area (Å²) in [6.45, 7) is 5.71. The molecule has 10 nitrogen and oxygen atoms in total. The molecular formula is C37H43N5O5. The number of carbonyl (C=O) groups is 4. The molecule has 0 spiro atoms. The molecule has 4 unspecified atom stereocenters. The van der Waals surface area contributed by atoms with Crippen LogP contribution in [0.2, 0.25) is 0 Å². The van der Waals surface area contributed by atoms with Crippen molar-refractivity contribution in [1.82, 2.24) is 14.8 Å². The van der Waals surface area contributed by atoms with E-state index in [1.54, 1.807) is 6.20 Å².